The summed E-state index contributed by atoms with van der Waals surface area (Å²) in [5.74, 6) is 3.54. The Kier molecular flexibility index (Phi) is 5.34. The molecule has 1 saturated heterocycles. The Hall–Kier alpha value is -1.10. The van der Waals surface area contributed by atoms with Crippen LogP contribution in [-0.4, -0.2) is 28.3 Å². The van der Waals surface area contributed by atoms with Gasteiger partial charge in [-0.25, -0.2) is 0 Å². The Morgan fingerprint density at radius 2 is 1.64 bits per heavy atom. The Balaban J connectivity index is 1.60. The third-order valence-electron chi connectivity index (χ3n) is 3.91. The van der Waals surface area contributed by atoms with E-state index in [1.54, 1.807) is 7.11 Å². The maximum Gasteiger partial charge on any atom is 0.118 e. The number of rotatable bonds is 4. The van der Waals surface area contributed by atoms with Crippen LogP contribution in [0.1, 0.15) is 23.1 Å². The summed E-state index contributed by atoms with van der Waals surface area (Å²) >= 11 is 3.72. The number of thioether (sulfide) groups is 2. The number of aliphatic hydroxyl groups is 1. The zero-order valence-corrected chi connectivity index (χ0v) is 14.1. The van der Waals surface area contributed by atoms with Gasteiger partial charge in [-0.1, -0.05) is 42.5 Å². The Bertz CT molecular complexity index is 578. The first-order valence-corrected chi connectivity index (χ1v) is 9.48. The van der Waals surface area contributed by atoms with E-state index in [1.807, 2.05) is 66.0 Å². The molecule has 3 rings (SSSR count). The molecule has 1 heterocycles. The number of benzene rings is 2. The normalized spacial score (nSPS) is 23.0. The van der Waals surface area contributed by atoms with Gasteiger partial charge in [0, 0.05) is 17.4 Å². The number of hydrogen-bond donors (Lipinski definition) is 1. The summed E-state index contributed by atoms with van der Waals surface area (Å²) in [7, 11) is 1.69. The summed E-state index contributed by atoms with van der Waals surface area (Å²) in [6.07, 6.45) is -0.395. The molecule has 0 saturated carbocycles. The van der Waals surface area contributed by atoms with Gasteiger partial charge < -0.3 is 9.84 Å². The molecule has 1 aliphatic heterocycles. The number of ether oxygens (including phenoxy) is 1. The summed E-state index contributed by atoms with van der Waals surface area (Å²) in [5.41, 5.74) is 2.36. The molecule has 1 atom stereocenters. The highest BCUT2D eigenvalue weighted by Gasteiger charge is 2.29. The van der Waals surface area contributed by atoms with Crippen molar-refractivity contribution in [1.82, 2.24) is 0 Å². The van der Waals surface area contributed by atoms with Gasteiger partial charge >= 0.3 is 0 Å². The number of hydrogen-bond acceptors (Lipinski definition) is 4. The van der Waals surface area contributed by atoms with Crippen LogP contribution in [0, 0.1) is 0 Å². The Morgan fingerprint density at radius 1 is 1.00 bits per heavy atom. The predicted molar refractivity (Wildman–Crippen MR) is 95.8 cm³/mol. The first-order chi connectivity index (χ1) is 10.8. The molecule has 1 N–H and O–H groups in total. The van der Waals surface area contributed by atoms with Crippen molar-refractivity contribution in [2.45, 2.75) is 16.6 Å². The number of methoxy groups -OCH3 is 1. The fourth-order valence-electron chi connectivity index (χ4n) is 2.58. The fourth-order valence-corrected chi connectivity index (χ4v) is 5.73. The van der Waals surface area contributed by atoms with Gasteiger partial charge in [0.1, 0.15) is 5.75 Å². The van der Waals surface area contributed by atoms with Crippen molar-refractivity contribution in [2.24, 2.45) is 0 Å². The second kappa shape index (κ2) is 7.44. The van der Waals surface area contributed by atoms with Gasteiger partial charge in [-0.3, -0.25) is 0 Å². The van der Waals surface area contributed by atoms with Gasteiger partial charge in [0.15, 0.2) is 0 Å². The molecule has 1 aliphatic rings. The molecule has 0 aliphatic carbocycles. The van der Waals surface area contributed by atoms with Crippen molar-refractivity contribution in [3.63, 3.8) is 0 Å². The van der Waals surface area contributed by atoms with Gasteiger partial charge in [-0.2, -0.15) is 0 Å². The van der Waals surface area contributed by atoms with E-state index < -0.39 is 6.10 Å². The molecule has 0 spiro atoms. The third kappa shape index (κ3) is 3.62. The molecular formula is C18H20O2S2. The van der Waals surface area contributed by atoms with Crippen molar-refractivity contribution in [2.75, 3.05) is 18.6 Å². The summed E-state index contributed by atoms with van der Waals surface area (Å²) in [5, 5.41) is 10.5. The summed E-state index contributed by atoms with van der Waals surface area (Å²) in [4.78, 5) is 0. The highest BCUT2D eigenvalue weighted by atomic mass is 32.2. The Morgan fingerprint density at radius 3 is 2.23 bits per heavy atom. The second-order valence-corrected chi connectivity index (χ2v) is 8.01. The minimum atomic E-state index is -0.395. The van der Waals surface area contributed by atoms with Crippen LogP contribution in [0.25, 0.3) is 0 Å². The fraction of sp³-hybridized carbons (Fsp3) is 0.333. The van der Waals surface area contributed by atoms with Crippen LogP contribution in [0.3, 0.4) is 0 Å². The van der Waals surface area contributed by atoms with Crippen molar-refractivity contribution in [3.05, 3.63) is 65.7 Å². The average molecular weight is 332 g/mol. The third-order valence-corrected chi connectivity index (χ3v) is 7.09. The van der Waals surface area contributed by atoms with E-state index in [-0.39, 0.29) is 4.58 Å². The smallest absolute Gasteiger partial charge is 0.118 e. The van der Waals surface area contributed by atoms with Crippen LogP contribution in [0.4, 0.5) is 0 Å². The molecule has 0 bridgehead atoms. The summed E-state index contributed by atoms with van der Waals surface area (Å²) in [6, 6.07) is 18.3. The van der Waals surface area contributed by atoms with Gasteiger partial charge in [-0.05, 0) is 23.3 Å². The maximum absolute atomic E-state index is 10.5. The predicted octanol–water partition coefficient (Wildman–Crippen LogP) is 4.32. The highest BCUT2D eigenvalue weighted by Crippen LogP contribution is 2.44. The topological polar surface area (TPSA) is 29.5 Å². The largest absolute Gasteiger partial charge is 0.497 e. The minimum Gasteiger partial charge on any atom is -0.497 e. The van der Waals surface area contributed by atoms with Crippen molar-refractivity contribution >= 4 is 23.5 Å². The lowest BCUT2D eigenvalue weighted by molar-refractivity contribution is 0.196. The van der Waals surface area contributed by atoms with Crippen LogP contribution in [0.2, 0.25) is 0 Å². The number of aliphatic hydroxyl groups excluding tert-OH is 1. The van der Waals surface area contributed by atoms with Crippen molar-refractivity contribution in [3.8, 4) is 5.75 Å². The highest BCUT2D eigenvalue weighted by molar-refractivity contribution is 8.17. The SMILES string of the molecule is COc1ccc(C2CSC(C(O)c3ccccc3)SC2)cc1. The maximum atomic E-state index is 10.5. The zero-order chi connectivity index (χ0) is 15.4. The van der Waals surface area contributed by atoms with Gasteiger partial charge in [0.2, 0.25) is 0 Å². The first-order valence-electron chi connectivity index (χ1n) is 7.38. The lowest BCUT2D eigenvalue weighted by Crippen LogP contribution is -2.21. The van der Waals surface area contributed by atoms with Crippen LogP contribution >= 0.6 is 23.5 Å². The minimum absolute atomic E-state index is 0.219. The zero-order valence-electron chi connectivity index (χ0n) is 12.5. The van der Waals surface area contributed by atoms with Crippen molar-refractivity contribution in [1.29, 1.82) is 0 Å². The van der Waals surface area contributed by atoms with E-state index in [0.29, 0.717) is 5.92 Å². The molecular weight excluding hydrogens is 312 g/mol. The molecule has 2 aromatic carbocycles. The summed E-state index contributed by atoms with van der Waals surface area (Å²) in [6.45, 7) is 0. The average Bonchev–Trinajstić information content (AvgIpc) is 2.62. The van der Waals surface area contributed by atoms with E-state index in [1.165, 1.54) is 5.56 Å². The second-order valence-electron chi connectivity index (χ2n) is 5.36. The first kappa shape index (κ1) is 15.8. The molecule has 116 valence electrons. The molecule has 2 nitrogen and oxygen atoms in total. The Labute approximate surface area is 140 Å². The molecule has 4 heteroatoms. The van der Waals surface area contributed by atoms with Crippen LogP contribution < -0.4 is 4.74 Å². The monoisotopic (exact) mass is 332 g/mol. The lowest BCUT2D eigenvalue weighted by Gasteiger charge is -2.31. The standard InChI is InChI=1S/C18H20O2S2/c1-20-16-9-7-13(8-10-16)15-11-21-18(22-12-15)17(19)14-5-3-2-4-6-14/h2-10,15,17-19H,11-12H2,1H3. The molecule has 1 fully saturated rings. The van der Waals surface area contributed by atoms with E-state index in [9.17, 15) is 5.11 Å². The quantitative estimate of drug-likeness (QED) is 0.903. The molecule has 0 amide bonds. The van der Waals surface area contributed by atoms with E-state index in [0.717, 1.165) is 22.8 Å². The molecule has 0 radical (unpaired) electrons. The molecule has 2 aromatic rings. The van der Waals surface area contributed by atoms with Crippen molar-refractivity contribution < 1.29 is 9.84 Å². The van der Waals surface area contributed by atoms with Crippen LogP contribution in [0.15, 0.2) is 54.6 Å². The van der Waals surface area contributed by atoms with E-state index in [4.69, 9.17) is 4.74 Å². The molecule has 22 heavy (non-hydrogen) atoms. The molecule has 1 unspecified atom stereocenters. The van der Waals surface area contributed by atoms with E-state index in [2.05, 4.69) is 12.1 Å². The van der Waals surface area contributed by atoms with Gasteiger partial charge in [-0.15, -0.1) is 23.5 Å². The van der Waals surface area contributed by atoms with Crippen LogP contribution in [-0.2, 0) is 0 Å². The summed E-state index contributed by atoms with van der Waals surface area (Å²) < 4.78 is 5.43. The van der Waals surface area contributed by atoms with Gasteiger partial charge in [0.25, 0.3) is 0 Å². The molecule has 0 aromatic heterocycles. The lowest BCUT2D eigenvalue weighted by atomic mass is 10.0. The van der Waals surface area contributed by atoms with E-state index >= 15 is 0 Å². The van der Waals surface area contributed by atoms with Gasteiger partial charge in [0.05, 0.1) is 17.8 Å². The van der Waals surface area contributed by atoms with Crippen LogP contribution in [0.5, 0.6) is 5.75 Å².